The van der Waals surface area contributed by atoms with Crippen molar-refractivity contribution in [2.45, 2.75) is 39.4 Å². The average Bonchev–Trinajstić information content (AvgIpc) is 2.57. The average molecular weight is 186 g/mol. The van der Waals surface area contributed by atoms with Gasteiger partial charge in [0.1, 0.15) is 5.78 Å². The van der Waals surface area contributed by atoms with Crippen LogP contribution in [-0.4, -0.2) is 25.3 Å². The minimum absolute atomic E-state index is 0.151. The zero-order valence-corrected chi connectivity index (χ0v) is 8.41. The van der Waals surface area contributed by atoms with Gasteiger partial charge in [0.2, 0.25) is 0 Å². The molecule has 0 N–H and O–H groups in total. The van der Waals surface area contributed by atoms with Crippen LogP contribution < -0.4 is 0 Å². The maximum Gasteiger partial charge on any atom is 0.164 e. The number of rotatable bonds is 5. The van der Waals surface area contributed by atoms with Gasteiger partial charge in [0.05, 0.1) is 19.6 Å². The molecule has 1 atom stereocenters. The molecular formula is C10H18O3. The van der Waals surface area contributed by atoms with E-state index in [1.165, 1.54) is 0 Å². The van der Waals surface area contributed by atoms with E-state index < -0.39 is 0 Å². The lowest BCUT2D eigenvalue weighted by Crippen LogP contribution is -2.19. The summed E-state index contributed by atoms with van der Waals surface area (Å²) in [5.41, 5.74) is 0. The molecule has 0 aromatic heterocycles. The fraction of sp³-hybridized carbons (Fsp3) is 0.900. The zero-order chi connectivity index (χ0) is 9.68. The molecule has 1 aliphatic heterocycles. The number of hydrogen-bond acceptors (Lipinski definition) is 3. The summed E-state index contributed by atoms with van der Waals surface area (Å²) >= 11 is 0. The largest absolute Gasteiger partial charge is 0.350 e. The molecule has 1 heterocycles. The quantitative estimate of drug-likeness (QED) is 0.656. The third-order valence-electron chi connectivity index (χ3n) is 2.33. The van der Waals surface area contributed by atoms with Crippen molar-refractivity contribution >= 4 is 5.78 Å². The van der Waals surface area contributed by atoms with Gasteiger partial charge >= 0.3 is 0 Å². The highest BCUT2D eigenvalue weighted by atomic mass is 16.7. The predicted octanol–water partition coefficient (Wildman–Crippen LogP) is 1.75. The molecular weight excluding hydrogens is 168 g/mol. The summed E-state index contributed by atoms with van der Waals surface area (Å²) in [6.45, 7) is 5.31. The van der Waals surface area contributed by atoms with E-state index in [-0.39, 0.29) is 18.0 Å². The van der Waals surface area contributed by atoms with Gasteiger partial charge in [0.25, 0.3) is 0 Å². The first-order chi connectivity index (χ1) is 6.24. The molecule has 1 rings (SSSR count). The highest BCUT2D eigenvalue weighted by molar-refractivity contribution is 5.80. The summed E-state index contributed by atoms with van der Waals surface area (Å²) in [5.74, 6) is 0.409. The molecule has 3 nitrogen and oxygen atoms in total. The number of Topliss-reactive ketones (excluding diaryl/α,β-unsaturated/α-hetero) is 1. The summed E-state index contributed by atoms with van der Waals surface area (Å²) in [6.07, 6.45) is 2.17. The van der Waals surface area contributed by atoms with Crippen molar-refractivity contribution in [3.63, 3.8) is 0 Å². The van der Waals surface area contributed by atoms with Crippen molar-refractivity contribution in [2.24, 2.45) is 5.92 Å². The predicted molar refractivity (Wildman–Crippen MR) is 49.4 cm³/mol. The monoisotopic (exact) mass is 186 g/mol. The zero-order valence-electron chi connectivity index (χ0n) is 8.41. The maximum atomic E-state index is 11.5. The Labute approximate surface area is 79.4 Å². The van der Waals surface area contributed by atoms with Crippen LogP contribution in [-0.2, 0) is 14.3 Å². The van der Waals surface area contributed by atoms with E-state index in [2.05, 4.69) is 6.92 Å². The molecule has 0 radical (unpaired) electrons. The van der Waals surface area contributed by atoms with Gasteiger partial charge in [-0.25, -0.2) is 0 Å². The second kappa shape index (κ2) is 5.35. The molecule has 76 valence electrons. The fourth-order valence-corrected chi connectivity index (χ4v) is 1.48. The lowest BCUT2D eigenvalue weighted by molar-refractivity contribution is -0.130. The number of carbonyl (C=O) groups excluding carboxylic acids is 1. The van der Waals surface area contributed by atoms with Gasteiger partial charge in [0, 0.05) is 5.92 Å². The molecule has 1 saturated heterocycles. The second-order valence-corrected chi connectivity index (χ2v) is 3.53. The van der Waals surface area contributed by atoms with Crippen LogP contribution in [0, 0.1) is 5.92 Å². The van der Waals surface area contributed by atoms with E-state index in [1.54, 1.807) is 0 Å². The van der Waals surface area contributed by atoms with Crippen molar-refractivity contribution < 1.29 is 14.3 Å². The highest BCUT2D eigenvalue weighted by Crippen LogP contribution is 2.14. The van der Waals surface area contributed by atoms with Crippen LogP contribution in [0.25, 0.3) is 0 Å². The van der Waals surface area contributed by atoms with Crippen molar-refractivity contribution in [1.29, 1.82) is 0 Å². The lowest BCUT2D eigenvalue weighted by Gasteiger charge is -2.12. The normalized spacial score (nSPS) is 20.5. The standard InChI is InChI=1S/C10H18O3/c1-3-4-8(2)9(11)7-10-12-5-6-13-10/h8,10H,3-7H2,1-2H3/t8-/m0/s1. The maximum absolute atomic E-state index is 11.5. The third kappa shape index (κ3) is 3.44. The van der Waals surface area contributed by atoms with E-state index in [1.807, 2.05) is 6.92 Å². The molecule has 0 aliphatic carbocycles. The number of ketones is 1. The van der Waals surface area contributed by atoms with Crippen LogP contribution in [0.2, 0.25) is 0 Å². The van der Waals surface area contributed by atoms with Gasteiger partial charge in [-0.15, -0.1) is 0 Å². The van der Waals surface area contributed by atoms with Gasteiger partial charge in [-0.3, -0.25) is 4.79 Å². The number of ether oxygens (including phenoxy) is 2. The van der Waals surface area contributed by atoms with E-state index in [0.717, 1.165) is 12.8 Å². The molecule has 3 heteroatoms. The Balaban J connectivity index is 2.22. The van der Waals surface area contributed by atoms with Gasteiger partial charge in [0.15, 0.2) is 6.29 Å². The molecule has 0 bridgehead atoms. The van der Waals surface area contributed by atoms with E-state index in [0.29, 0.717) is 19.6 Å². The van der Waals surface area contributed by atoms with Crippen LogP contribution in [0.15, 0.2) is 0 Å². The topological polar surface area (TPSA) is 35.5 Å². The lowest BCUT2D eigenvalue weighted by atomic mass is 9.99. The molecule has 0 saturated carbocycles. The van der Waals surface area contributed by atoms with E-state index >= 15 is 0 Å². The molecule has 0 aromatic rings. The van der Waals surface area contributed by atoms with Crippen LogP contribution in [0.4, 0.5) is 0 Å². The Kier molecular flexibility index (Phi) is 4.39. The van der Waals surface area contributed by atoms with Crippen molar-refractivity contribution in [3.05, 3.63) is 0 Å². The van der Waals surface area contributed by atoms with Gasteiger partial charge in [-0.1, -0.05) is 20.3 Å². The van der Waals surface area contributed by atoms with Crippen molar-refractivity contribution in [2.75, 3.05) is 13.2 Å². The van der Waals surface area contributed by atoms with Gasteiger partial charge in [-0.05, 0) is 6.42 Å². The number of hydrogen-bond donors (Lipinski definition) is 0. The van der Waals surface area contributed by atoms with E-state index in [4.69, 9.17) is 9.47 Å². The Morgan fingerprint density at radius 3 is 2.62 bits per heavy atom. The van der Waals surface area contributed by atoms with Gasteiger partial charge < -0.3 is 9.47 Å². The minimum atomic E-state index is -0.271. The first-order valence-electron chi connectivity index (χ1n) is 5.00. The van der Waals surface area contributed by atoms with Crippen molar-refractivity contribution in [1.82, 2.24) is 0 Å². The molecule has 0 unspecified atom stereocenters. The Bertz CT molecular complexity index is 162. The summed E-state index contributed by atoms with van der Waals surface area (Å²) in [7, 11) is 0. The highest BCUT2D eigenvalue weighted by Gasteiger charge is 2.22. The summed E-state index contributed by atoms with van der Waals surface area (Å²) in [6, 6.07) is 0. The smallest absolute Gasteiger partial charge is 0.164 e. The minimum Gasteiger partial charge on any atom is -0.350 e. The van der Waals surface area contributed by atoms with E-state index in [9.17, 15) is 4.79 Å². The van der Waals surface area contributed by atoms with Crippen LogP contribution in [0.3, 0.4) is 0 Å². The Morgan fingerprint density at radius 1 is 1.46 bits per heavy atom. The SMILES string of the molecule is CCC[C@H](C)C(=O)CC1OCCO1. The fourth-order valence-electron chi connectivity index (χ4n) is 1.48. The first-order valence-corrected chi connectivity index (χ1v) is 5.00. The van der Waals surface area contributed by atoms with Crippen LogP contribution in [0.1, 0.15) is 33.1 Å². The Hall–Kier alpha value is -0.410. The summed E-state index contributed by atoms with van der Waals surface area (Å²) < 4.78 is 10.4. The second-order valence-electron chi connectivity index (χ2n) is 3.53. The van der Waals surface area contributed by atoms with Crippen molar-refractivity contribution in [3.8, 4) is 0 Å². The van der Waals surface area contributed by atoms with Crippen LogP contribution in [0.5, 0.6) is 0 Å². The number of carbonyl (C=O) groups is 1. The first kappa shape index (κ1) is 10.7. The molecule has 0 spiro atoms. The summed E-state index contributed by atoms with van der Waals surface area (Å²) in [5, 5.41) is 0. The Morgan fingerprint density at radius 2 is 2.08 bits per heavy atom. The summed E-state index contributed by atoms with van der Waals surface area (Å²) in [4.78, 5) is 11.5. The third-order valence-corrected chi connectivity index (χ3v) is 2.33. The molecule has 1 aliphatic rings. The van der Waals surface area contributed by atoms with Gasteiger partial charge in [-0.2, -0.15) is 0 Å². The molecule has 0 aromatic carbocycles. The molecule has 1 fully saturated rings. The molecule has 13 heavy (non-hydrogen) atoms. The molecule has 0 amide bonds. The van der Waals surface area contributed by atoms with Crippen LogP contribution >= 0.6 is 0 Å².